The Bertz CT molecular complexity index is 2700. The van der Waals surface area contributed by atoms with Crippen LogP contribution in [-0.2, 0) is 41.3 Å². The molecule has 8 rings (SSSR count). The monoisotopic (exact) mass is 792 g/mol. The zero-order chi connectivity index (χ0) is 41.2. The molecule has 0 aliphatic heterocycles. The SMILES string of the molecule is COc1ccc(Cn2c(NC3CCCCC3)nc3c2c(=O)n(C)c(=O)n3C)cc1C.Cc1cccc(Cn2c(NC3CCCCC3)nc3c2c(=O)n(C)c(=O)n3C)c1. The summed E-state index contributed by atoms with van der Waals surface area (Å²) in [6.45, 7) is 5.06. The number of nitrogens with zero attached hydrogens (tertiary/aromatic N) is 8. The topological polar surface area (TPSA) is 157 Å². The molecule has 2 saturated carbocycles. The molecule has 0 unspecified atom stereocenters. The van der Waals surface area contributed by atoms with E-state index in [0.29, 0.717) is 59.4 Å². The van der Waals surface area contributed by atoms with Crippen molar-refractivity contribution < 1.29 is 4.74 Å². The first-order valence-electron chi connectivity index (χ1n) is 20.4. The molecule has 0 radical (unpaired) electrons. The highest BCUT2D eigenvalue weighted by Crippen LogP contribution is 2.27. The summed E-state index contributed by atoms with van der Waals surface area (Å²) in [7, 11) is 8.00. The smallest absolute Gasteiger partial charge is 0.332 e. The summed E-state index contributed by atoms with van der Waals surface area (Å²) >= 11 is 0. The van der Waals surface area contributed by atoms with Gasteiger partial charge in [0, 0.05) is 40.3 Å². The van der Waals surface area contributed by atoms with Crippen LogP contribution in [0.3, 0.4) is 0 Å². The third kappa shape index (κ3) is 7.98. The van der Waals surface area contributed by atoms with Crippen LogP contribution in [-0.4, -0.2) is 56.6 Å². The minimum absolute atomic E-state index is 0.310. The Morgan fingerprint density at radius 1 is 0.621 bits per heavy atom. The highest BCUT2D eigenvalue weighted by Gasteiger charge is 2.24. The second-order valence-corrected chi connectivity index (χ2v) is 16.1. The molecule has 2 fully saturated rings. The Morgan fingerprint density at radius 2 is 1.09 bits per heavy atom. The number of ether oxygens (including phenoxy) is 1. The fourth-order valence-electron chi connectivity index (χ4n) is 8.49. The van der Waals surface area contributed by atoms with Crippen LogP contribution in [0.5, 0.6) is 5.75 Å². The van der Waals surface area contributed by atoms with E-state index in [0.717, 1.165) is 57.3 Å². The molecule has 2 aliphatic carbocycles. The van der Waals surface area contributed by atoms with Crippen molar-refractivity contribution in [3.8, 4) is 5.75 Å². The van der Waals surface area contributed by atoms with Crippen LogP contribution < -0.4 is 37.9 Å². The summed E-state index contributed by atoms with van der Waals surface area (Å²) in [4.78, 5) is 60.2. The van der Waals surface area contributed by atoms with Gasteiger partial charge in [0.25, 0.3) is 11.1 Å². The van der Waals surface area contributed by atoms with Crippen molar-refractivity contribution >= 4 is 34.2 Å². The number of imidazole rings is 2. The minimum atomic E-state index is -0.373. The van der Waals surface area contributed by atoms with Gasteiger partial charge in [0.05, 0.1) is 20.2 Å². The number of hydrogen-bond donors (Lipinski definition) is 2. The van der Waals surface area contributed by atoms with E-state index in [-0.39, 0.29) is 22.5 Å². The Kier molecular flexibility index (Phi) is 11.8. The fourth-order valence-corrected chi connectivity index (χ4v) is 8.49. The summed E-state index contributed by atoms with van der Waals surface area (Å²) in [5.41, 5.74) is 4.70. The Hall–Kier alpha value is -5.86. The maximum absolute atomic E-state index is 13.0. The number of rotatable bonds is 9. The van der Waals surface area contributed by atoms with Crippen LogP contribution in [0.1, 0.15) is 86.5 Å². The number of benzene rings is 2. The van der Waals surface area contributed by atoms with E-state index < -0.39 is 0 Å². The van der Waals surface area contributed by atoms with Gasteiger partial charge in [-0.1, -0.05) is 80.5 Å². The van der Waals surface area contributed by atoms with Gasteiger partial charge >= 0.3 is 11.4 Å². The molecule has 6 aromatic rings. The van der Waals surface area contributed by atoms with Gasteiger partial charge in [-0.05, 0) is 62.3 Å². The van der Waals surface area contributed by atoms with Crippen molar-refractivity contribution in [1.82, 2.24) is 37.4 Å². The van der Waals surface area contributed by atoms with Gasteiger partial charge in [-0.25, -0.2) is 9.59 Å². The quantitative estimate of drug-likeness (QED) is 0.204. The van der Waals surface area contributed by atoms with E-state index in [4.69, 9.17) is 9.72 Å². The third-order valence-electron chi connectivity index (χ3n) is 11.8. The van der Waals surface area contributed by atoms with Crippen molar-refractivity contribution in [3.05, 3.63) is 106 Å². The average Bonchev–Trinajstić information content (AvgIpc) is 3.76. The summed E-state index contributed by atoms with van der Waals surface area (Å²) in [6, 6.07) is 14.9. The number of aryl methyl sites for hydroxylation is 4. The molecule has 2 aromatic carbocycles. The molecule has 0 spiro atoms. The number of aromatic nitrogens is 8. The molecule has 0 atom stereocenters. The zero-order valence-electron chi connectivity index (χ0n) is 34.8. The first-order valence-corrected chi connectivity index (χ1v) is 20.4. The second-order valence-electron chi connectivity index (χ2n) is 16.1. The predicted molar refractivity (Wildman–Crippen MR) is 229 cm³/mol. The van der Waals surface area contributed by atoms with Crippen LogP contribution in [0.4, 0.5) is 11.9 Å². The van der Waals surface area contributed by atoms with Crippen molar-refractivity contribution in [3.63, 3.8) is 0 Å². The Morgan fingerprint density at radius 3 is 1.52 bits per heavy atom. The van der Waals surface area contributed by atoms with E-state index in [1.54, 1.807) is 21.2 Å². The van der Waals surface area contributed by atoms with Gasteiger partial charge < -0.3 is 15.4 Å². The van der Waals surface area contributed by atoms with Gasteiger partial charge in [-0.2, -0.15) is 9.97 Å². The lowest BCUT2D eigenvalue weighted by molar-refractivity contribution is 0.411. The molecule has 15 nitrogen and oxygen atoms in total. The lowest BCUT2D eigenvalue weighted by Crippen LogP contribution is -2.37. The summed E-state index contributed by atoms with van der Waals surface area (Å²) < 4.78 is 14.4. The molecule has 0 bridgehead atoms. The molecule has 4 aromatic heterocycles. The molecule has 0 amide bonds. The predicted octanol–water partition coefficient (Wildman–Crippen LogP) is 5.08. The number of methoxy groups -OCH3 is 1. The molecule has 308 valence electrons. The zero-order valence-corrected chi connectivity index (χ0v) is 34.8. The van der Waals surface area contributed by atoms with Crippen LogP contribution in [0.25, 0.3) is 22.3 Å². The summed E-state index contributed by atoms with van der Waals surface area (Å²) in [6.07, 6.45) is 11.7. The molecule has 2 N–H and O–H groups in total. The first-order chi connectivity index (χ1) is 27.9. The molecule has 15 heteroatoms. The summed E-state index contributed by atoms with van der Waals surface area (Å²) in [5.74, 6) is 2.14. The second kappa shape index (κ2) is 16.9. The van der Waals surface area contributed by atoms with E-state index in [1.807, 2.05) is 34.3 Å². The largest absolute Gasteiger partial charge is 0.496 e. The molecule has 4 heterocycles. The fraction of sp³-hybridized carbons (Fsp3) is 0.488. The maximum atomic E-state index is 13.0. The Labute approximate surface area is 336 Å². The Balaban J connectivity index is 0.000000177. The molecular weight excluding hydrogens is 737 g/mol. The first kappa shape index (κ1) is 40.3. The average molecular weight is 793 g/mol. The van der Waals surface area contributed by atoms with Crippen molar-refractivity contribution in [2.45, 2.75) is 103 Å². The van der Waals surface area contributed by atoms with E-state index in [1.165, 1.54) is 67.3 Å². The van der Waals surface area contributed by atoms with Crippen molar-refractivity contribution in [2.75, 3.05) is 17.7 Å². The standard InChI is InChI=1S/C22H29N5O3.C21H27N5O2/c1-14-12-15(10-11-17(14)30-4)13-27-18-19(25(2)22(29)26(3)20(18)28)24-21(27)23-16-8-6-5-7-9-16;1-14-8-7-9-15(12-14)13-26-17-18(24(2)21(28)25(3)19(17)27)23-20(26)22-16-10-5-4-6-11-16/h10-12,16H,5-9,13H2,1-4H3,(H,23,24);7-9,12,16H,4-6,10-11,13H2,1-3H3,(H,22,23). The van der Waals surface area contributed by atoms with Crippen LogP contribution >= 0.6 is 0 Å². The number of anilines is 2. The van der Waals surface area contributed by atoms with Gasteiger partial charge in [0.1, 0.15) is 5.75 Å². The lowest BCUT2D eigenvalue weighted by Gasteiger charge is -2.23. The third-order valence-corrected chi connectivity index (χ3v) is 11.8. The lowest BCUT2D eigenvalue weighted by atomic mass is 9.96. The summed E-state index contributed by atoms with van der Waals surface area (Å²) in [5, 5.41) is 7.11. The van der Waals surface area contributed by atoms with E-state index >= 15 is 0 Å². The van der Waals surface area contributed by atoms with Crippen molar-refractivity contribution in [2.24, 2.45) is 28.2 Å². The number of hydrogen-bond acceptors (Lipinski definition) is 9. The van der Waals surface area contributed by atoms with Gasteiger partial charge in [-0.15, -0.1) is 0 Å². The maximum Gasteiger partial charge on any atom is 0.332 e. The van der Waals surface area contributed by atoms with Crippen molar-refractivity contribution in [1.29, 1.82) is 0 Å². The molecule has 2 aliphatic rings. The van der Waals surface area contributed by atoms with E-state index in [9.17, 15) is 19.2 Å². The van der Waals surface area contributed by atoms with Crippen LogP contribution in [0.15, 0.2) is 61.6 Å². The normalized spacial score (nSPS) is 15.1. The highest BCUT2D eigenvalue weighted by atomic mass is 16.5. The molecule has 58 heavy (non-hydrogen) atoms. The van der Waals surface area contributed by atoms with Gasteiger partial charge in [0.15, 0.2) is 22.3 Å². The number of nitrogens with one attached hydrogen (secondary N) is 2. The molecule has 0 saturated heterocycles. The van der Waals surface area contributed by atoms with Gasteiger partial charge in [-0.3, -0.25) is 37.0 Å². The minimum Gasteiger partial charge on any atom is -0.496 e. The van der Waals surface area contributed by atoms with Crippen LogP contribution in [0.2, 0.25) is 0 Å². The van der Waals surface area contributed by atoms with Gasteiger partial charge in [0.2, 0.25) is 11.9 Å². The molecular formula is C43H56N10O5. The van der Waals surface area contributed by atoms with Crippen LogP contribution in [0, 0.1) is 13.8 Å². The number of fused-ring (bicyclic) bond motifs is 2. The highest BCUT2D eigenvalue weighted by molar-refractivity contribution is 5.75. The van der Waals surface area contributed by atoms with E-state index in [2.05, 4.69) is 46.8 Å².